The Balaban J connectivity index is 3.27. The molecule has 1 aromatic rings. The van der Waals surface area contributed by atoms with Crippen LogP contribution in [0.4, 0.5) is 11.5 Å². The molecule has 0 amide bonds. The largest absolute Gasteiger partial charge is 0.481 e. The van der Waals surface area contributed by atoms with E-state index in [1.54, 1.807) is 13.0 Å². The summed E-state index contributed by atoms with van der Waals surface area (Å²) in [7, 11) is 1.48. The first-order chi connectivity index (χ1) is 5.69. The van der Waals surface area contributed by atoms with Gasteiger partial charge in [0.15, 0.2) is 11.5 Å². The Morgan fingerprint density at radius 3 is 2.75 bits per heavy atom. The number of aromatic nitrogens is 1. The maximum absolute atomic E-state index is 10.2. The van der Waals surface area contributed by atoms with E-state index in [1.165, 1.54) is 7.11 Å². The Bertz CT molecular complexity index is 289. The molecule has 1 rings (SSSR count). The minimum atomic E-state index is 0.0989. The molecule has 12 heavy (non-hydrogen) atoms. The molecule has 0 saturated carbocycles. The van der Waals surface area contributed by atoms with E-state index in [2.05, 4.69) is 10.2 Å². The highest BCUT2D eigenvalue weighted by Crippen LogP contribution is 2.27. The lowest BCUT2D eigenvalue weighted by Crippen LogP contribution is -1.95. The van der Waals surface area contributed by atoms with Gasteiger partial charge in [0.2, 0.25) is 5.88 Å². The van der Waals surface area contributed by atoms with E-state index >= 15 is 0 Å². The summed E-state index contributed by atoms with van der Waals surface area (Å²) in [5, 5.41) is 2.75. The van der Waals surface area contributed by atoms with Crippen molar-refractivity contribution in [2.24, 2.45) is 5.18 Å². The van der Waals surface area contributed by atoms with Crippen LogP contribution in [0.25, 0.3) is 0 Å². The van der Waals surface area contributed by atoms with E-state index in [9.17, 15) is 4.91 Å². The van der Waals surface area contributed by atoms with Crippen LogP contribution in [0.15, 0.2) is 11.2 Å². The fraction of sp³-hybridized carbons (Fsp3) is 0.286. The third-order valence-corrected chi connectivity index (χ3v) is 1.49. The summed E-state index contributed by atoms with van der Waals surface area (Å²) in [6.07, 6.45) is 0. The van der Waals surface area contributed by atoms with Crippen LogP contribution in [0, 0.1) is 11.8 Å². The van der Waals surface area contributed by atoms with Gasteiger partial charge in [0.05, 0.1) is 7.11 Å². The third kappa shape index (κ3) is 1.34. The van der Waals surface area contributed by atoms with Gasteiger partial charge in [0, 0.05) is 6.07 Å². The number of rotatable bonds is 2. The molecule has 0 saturated heterocycles. The van der Waals surface area contributed by atoms with Crippen molar-refractivity contribution >= 4 is 11.5 Å². The van der Waals surface area contributed by atoms with Crippen molar-refractivity contribution in [1.29, 1.82) is 0 Å². The molecule has 0 aromatic carbocycles. The minimum Gasteiger partial charge on any atom is -0.481 e. The van der Waals surface area contributed by atoms with Gasteiger partial charge in [-0.2, -0.15) is 4.98 Å². The minimum absolute atomic E-state index is 0.0989. The summed E-state index contributed by atoms with van der Waals surface area (Å²) in [6, 6.07) is 1.60. The zero-order valence-corrected chi connectivity index (χ0v) is 6.87. The van der Waals surface area contributed by atoms with Crippen LogP contribution >= 0.6 is 0 Å². The highest BCUT2D eigenvalue weighted by atomic mass is 16.5. The first-order valence-corrected chi connectivity index (χ1v) is 3.33. The zero-order valence-electron chi connectivity index (χ0n) is 6.87. The monoisotopic (exact) mass is 167 g/mol. The van der Waals surface area contributed by atoms with Crippen LogP contribution in [0.3, 0.4) is 0 Å². The first-order valence-electron chi connectivity index (χ1n) is 3.33. The average Bonchev–Trinajstić information content (AvgIpc) is 2.03. The number of methoxy groups -OCH3 is 1. The van der Waals surface area contributed by atoms with Gasteiger partial charge < -0.3 is 10.5 Å². The Morgan fingerprint density at radius 2 is 2.33 bits per heavy atom. The fourth-order valence-electron chi connectivity index (χ4n) is 0.883. The number of hydrogen-bond donors (Lipinski definition) is 1. The quantitative estimate of drug-likeness (QED) is 0.675. The second-order valence-electron chi connectivity index (χ2n) is 2.31. The van der Waals surface area contributed by atoms with E-state index in [0.29, 0.717) is 11.4 Å². The molecule has 0 bridgehead atoms. The van der Waals surface area contributed by atoms with E-state index in [0.717, 1.165) is 0 Å². The molecule has 64 valence electrons. The summed E-state index contributed by atoms with van der Waals surface area (Å²) in [5.74, 6) is 0.485. The number of anilines is 1. The van der Waals surface area contributed by atoms with Crippen LogP contribution in [0.2, 0.25) is 0 Å². The van der Waals surface area contributed by atoms with E-state index < -0.39 is 0 Å². The van der Waals surface area contributed by atoms with Gasteiger partial charge in [-0.05, 0) is 17.7 Å². The summed E-state index contributed by atoms with van der Waals surface area (Å²) >= 11 is 0. The van der Waals surface area contributed by atoms with Crippen LogP contribution in [-0.2, 0) is 0 Å². The van der Waals surface area contributed by atoms with Gasteiger partial charge in [-0.25, -0.2) is 0 Å². The van der Waals surface area contributed by atoms with E-state index in [1.807, 2.05) is 0 Å². The molecule has 5 heteroatoms. The second-order valence-corrected chi connectivity index (χ2v) is 2.31. The van der Waals surface area contributed by atoms with E-state index in [4.69, 9.17) is 10.5 Å². The summed E-state index contributed by atoms with van der Waals surface area (Å²) < 4.78 is 4.84. The highest BCUT2D eigenvalue weighted by molar-refractivity contribution is 5.63. The predicted octanol–water partition coefficient (Wildman–Crippen LogP) is 1.38. The number of nitrogens with zero attached hydrogens (tertiary/aromatic N) is 2. The highest BCUT2D eigenvalue weighted by Gasteiger charge is 2.07. The molecule has 1 aromatic heterocycles. The molecule has 0 radical (unpaired) electrons. The lowest BCUT2D eigenvalue weighted by molar-refractivity contribution is 0.398. The standard InChI is InChI=1S/C7H9N3O2/c1-4-3-5(12-2)9-7(8)6(4)10-11/h3H,1-2H3,(H2,8,9). The normalized spacial score (nSPS) is 9.50. The molecular formula is C7H9N3O2. The number of nitrogens with two attached hydrogens (primary N) is 1. The molecule has 0 fully saturated rings. The van der Waals surface area contributed by atoms with Crippen molar-refractivity contribution in [2.45, 2.75) is 6.92 Å². The molecule has 0 spiro atoms. The molecule has 0 aliphatic carbocycles. The summed E-state index contributed by atoms with van der Waals surface area (Å²) in [5.41, 5.74) is 6.26. The number of pyridine rings is 1. The van der Waals surface area contributed by atoms with Crippen molar-refractivity contribution < 1.29 is 4.74 Å². The summed E-state index contributed by atoms with van der Waals surface area (Å²) in [4.78, 5) is 14.0. The van der Waals surface area contributed by atoms with Crippen LogP contribution < -0.4 is 10.5 Å². The number of nitroso groups, excluding NO2 is 1. The van der Waals surface area contributed by atoms with Gasteiger partial charge in [-0.1, -0.05) is 0 Å². The van der Waals surface area contributed by atoms with Crippen molar-refractivity contribution in [1.82, 2.24) is 4.98 Å². The van der Waals surface area contributed by atoms with Crippen molar-refractivity contribution in [3.63, 3.8) is 0 Å². The predicted molar refractivity (Wildman–Crippen MR) is 45.4 cm³/mol. The smallest absolute Gasteiger partial charge is 0.215 e. The molecule has 5 nitrogen and oxygen atoms in total. The zero-order chi connectivity index (χ0) is 9.14. The third-order valence-electron chi connectivity index (χ3n) is 1.49. The lowest BCUT2D eigenvalue weighted by atomic mass is 10.2. The number of aryl methyl sites for hydroxylation is 1. The second kappa shape index (κ2) is 3.17. The van der Waals surface area contributed by atoms with E-state index in [-0.39, 0.29) is 11.5 Å². The summed E-state index contributed by atoms with van der Waals surface area (Å²) in [6.45, 7) is 1.72. The molecule has 1 heterocycles. The van der Waals surface area contributed by atoms with Gasteiger partial charge >= 0.3 is 0 Å². The molecule has 0 unspecified atom stereocenters. The Kier molecular flexibility index (Phi) is 2.23. The Morgan fingerprint density at radius 1 is 1.67 bits per heavy atom. The van der Waals surface area contributed by atoms with Gasteiger partial charge in [0.25, 0.3) is 0 Å². The van der Waals surface area contributed by atoms with Crippen molar-refractivity contribution in [2.75, 3.05) is 12.8 Å². The average molecular weight is 167 g/mol. The van der Waals surface area contributed by atoms with Crippen molar-refractivity contribution in [3.05, 3.63) is 16.5 Å². The fourth-order valence-corrected chi connectivity index (χ4v) is 0.883. The van der Waals surface area contributed by atoms with Crippen LogP contribution in [0.1, 0.15) is 5.56 Å². The topological polar surface area (TPSA) is 77.6 Å². The molecule has 0 atom stereocenters. The SMILES string of the molecule is COc1cc(C)c(N=O)c(N)n1. The Labute approximate surface area is 69.5 Å². The van der Waals surface area contributed by atoms with Crippen molar-refractivity contribution in [3.8, 4) is 5.88 Å². The number of nitrogen functional groups attached to an aromatic ring is 1. The molecular weight excluding hydrogens is 158 g/mol. The number of ether oxygens (including phenoxy) is 1. The lowest BCUT2D eigenvalue weighted by Gasteiger charge is -2.03. The van der Waals surface area contributed by atoms with Gasteiger partial charge in [0.1, 0.15) is 0 Å². The number of hydrogen-bond acceptors (Lipinski definition) is 5. The molecule has 0 aliphatic rings. The Hall–Kier alpha value is -1.65. The van der Waals surface area contributed by atoms with Crippen LogP contribution in [0.5, 0.6) is 5.88 Å². The molecule has 2 N–H and O–H groups in total. The van der Waals surface area contributed by atoms with Gasteiger partial charge in [-0.15, -0.1) is 4.91 Å². The first kappa shape index (κ1) is 8.45. The van der Waals surface area contributed by atoms with Crippen LogP contribution in [-0.4, -0.2) is 12.1 Å². The maximum atomic E-state index is 10.2. The van der Waals surface area contributed by atoms with Gasteiger partial charge in [-0.3, -0.25) is 0 Å². The maximum Gasteiger partial charge on any atom is 0.215 e. The molecule has 0 aliphatic heterocycles.